The van der Waals surface area contributed by atoms with Crippen LogP contribution in [0.4, 0.5) is 5.69 Å². The number of fused-ring (bicyclic) bond motifs is 1. The van der Waals surface area contributed by atoms with E-state index in [1.807, 2.05) is 48.5 Å². The number of hydrogen-bond acceptors (Lipinski definition) is 7. The highest BCUT2D eigenvalue weighted by Crippen LogP contribution is 2.34. The van der Waals surface area contributed by atoms with E-state index in [1.54, 1.807) is 18.9 Å². The number of nitrogens with one attached hydrogen (secondary N) is 1. The van der Waals surface area contributed by atoms with Crippen molar-refractivity contribution in [2.24, 2.45) is 0 Å². The van der Waals surface area contributed by atoms with Gasteiger partial charge in [0.15, 0.2) is 16.6 Å². The first-order chi connectivity index (χ1) is 15.8. The lowest BCUT2D eigenvalue weighted by atomic mass is 9.95. The highest BCUT2D eigenvalue weighted by molar-refractivity contribution is 7.98. The third-order valence-corrected chi connectivity index (χ3v) is 6.79. The molecule has 2 aromatic carbocycles. The van der Waals surface area contributed by atoms with Crippen LogP contribution in [-0.4, -0.2) is 26.9 Å². The molecule has 2 aromatic heterocycles. The van der Waals surface area contributed by atoms with Crippen molar-refractivity contribution in [3.05, 3.63) is 60.2 Å². The third kappa shape index (κ3) is 4.60. The van der Waals surface area contributed by atoms with Gasteiger partial charge in [0.25, 0.3) is 0 Å². The summed E-state index contributed by atoms with van der Waals surface area (Å²) in [5, 5.41) is 13.5. The fraction of sp³-hybridized carbons (Fsp3) is 0.375. The predicted octanol–water partition coefficient (Wildman–Crippen LogP) is 5.84. The van der Waals surface area contributed by atoms with Gasteiger partial charge in [-0.1, -0.05) is 49.2 Å². The molecule has 5 rings (SSSR count). The highest BCUT2D eigenvalue weighted by atomic mass is 32.2. The van der Waals surface area contributed by atoms with E-state index < -0.39 is 0 Å². The molecular weight excluding hydrogens is 422 g/mol. The summed E-state index contributed by atoms with van der Waals surface area (Å²) in [6, 6.07) is 16.2. The third-order valence-electron chi connectivity index (χ3n) is 5.86. The molecule has 8 heteroatoms. The Bertz CT molecular complexity index is 1150. The van der Waals surface area contributed by atoms with Gasteiger partial charge in [-0.15, -0.1) is 10.2 Å². The fourth-order valence-corrected chi connectivity index (χ4v) is 5.12. The van der Waals surface area contributed by atoms with Crippen molar-refractivity contribution in [1.29, 1.82) is 0 Å². The molecule has 0 saturated heterocycles. The number of hydrogen-bond donors (Lipinski definition) is 1. The summed E-state index contributed by atoms with van der Waals surface area (Å²) in [6.07, 6.45) is 6.14. The molecule has 0 aliphatic heterocycles. The maximum absolute atomic E-state index is 5.90. The number of ether oxygens (including phenoxy) is 1. The molecule has 1 saturated carbocycles. The SMILES string of the molecule is COc1cccc(NCc2nnc(SCc3nc4ccccc4o3)n2C2CCCCC2)c1. The Morgan fingerprint density at radius 1 is 1.09 bits per heavy atom. The molecule has 1 aliphatic rings. The van der Waals surface area contributed by atoms with Crippen LogP contribution >= 0.6 is 11.8 Å². The zero-order valence-corrected chi connectivity index (χ0v) is 19.0. The zero-order chi connectivity index (χ0) is 21.8. The number of oxazole rings is 1. The zero-order valence-electron chi connectivity index (χ0n) is 18.2. The van der Waals surface area contributed by atoms with Crippen molar-refractivity contribution in [3.8, 4) is 5.75 Å². The first kappa shape index (κ1) is 20.9. The van der Waals surface area contributed by atoms with Gasteiger partial charge in [-0.3, -0.25) is 0 Å². The monoisotopic (exact) mass is 449 g/mol. The molecule has 0 spiro atoms. The van der Waals surface area contributed by atoms with Gasteiger partial charge in [0, 0.05) is 17.8 Å². The predicted molar refractivity (Wildman–Crippen MR) is 126 cm³/mol. The Morgan fingerprint density at radius 3 is 2.81 bits per heavy atom. The van der Waals surface area contributed by atoms with Crippen LogP contribution in [0, 0.1) is 0 Å². The molecule has 166 valence electrons. The number of nitrogens with zero attached hydrogens (tertiary/aromatic N) is 4. The Hall–Kier alpha value is -3.00. The van der Waals surface area contributed by atoms with Crippen LogP contribution in [0.15, 0.2) is 58.1 Å². The van der Waals surface area contributed by atoms with Gasteiger partial charge >= 0.3 is 0 Å². The first-order valence-corrected chi connectivity index (χ1v) is 12.1. The Labute approximate surface area is 191 Å². The summed E-state index contributed by atoms with van der Waals surface area (Å²) in [5.41, 5.74) is 2.71. The maximum atomic E-state index is 5.90. The number of anilines is 1. The number of para-hydroxylation sites is 2. The van der Waals surface area contributed by atoms with Crippen LogP contribution in [0.2, 0.25) is 0 Å². The quantitative estimate of drug-likeness (QED) is 0.339. The molecule has 1 fully saturated rings. The van der Waals surface area contributed by atoms with E-state index in [1.165, 1.54) is 32.1 Å². The van der Waals surface area contributed by atoms with Crippen LogP contribution in [0.1, 0.15) is 49.9 Å². The molecule has 1 aliphatic carbocycles. The van der Waals surface area contributed by atoms with Gasteiger partial charge in [-0.05, 0) is 37.1 Å². The molecule has 2 heterocycles. The van der Waals surface area contributed by atoms with E-state index >= 15 is 0 Å². The summed E-state index contributed by atoms with van der Waals surface area (Å²) >= 11 is 1.64. The highest BCUT2D eigenvalue weighted by Gasteiger charge is 2.23. The Balaban J connectivity index is 1.34. The summed E-state index contributed by atoms with van der Waals surface area (Å²) in [5.74, 6) is 3.13. The number of methoxy groups -OCH3 is 1. The van der Waals surface area contributed by atoms with E-state index in [0.717, 1.165) is 33.5 Å². The lowest BCUT2D eigenvalue weighted by Gasteiger charge is -2.25. The van der Waals surface area contributed by atoms with Crippen LogP contribution in [-0.2, 0) is 12.3 Å². The standard InChI is InChI=1S/C24H27N5O2S/c1-30-19-11-7-8-17(14-19)25-15-22-27-28-24(29(22)18-9-3-2-4-10-18)32-16-23-26-20-12-5-6-13-21(20)31-23/h5-8,11-14,18,25H,2-4,9-10,15-16H2,1H3. The second kappa shape index (κ2) is 9.65. The number of rotatable bonds is 8. The van der Waals surface area contributed by atoms with Gasteiger partial charge in [-0.2, -0.15) is 0 Å². The minimum absolute atomic E-state index is 0.437. The molecule has 0 bridgehead atoms. The normalized spacial score (nSPS) is 14.7. The summed E-state index contributed by atoms with van der Waals surface area (Å²) in [7, 11) is 1.68. The van der Waals surface area contributed by atoms with E-state index in [4.69, 9.17) is 9.15 Å². The lowest BCUT2D eigenvalue weighted by molar-refractivity contribution is 0.330. The van der Waals surface area contributed by atoms with Gasteiger partial charge in [0.1, 0.15) is 11.3 Å². The van der Waals surface area contributed by atoms with E-state index in [0.29, 0.717) is 24.2 Å². The van der Waals surface area contributed by atoms with Crippen LogP contribution in [0.3, 0.4) is 0 Å². The topological polar surface area (TPSA) is 78.0 Å². The van der Waals surface area contributed by atoms with Crippen molar-refractivity contribution >= 4 is 28.5 Å². The molecule has 0 radical (unpaired) electrons. The Kier molecular flexibility index (Phi) is 6.29. The van der Waals surface area contributed by atoms with E-state index in [2.05, 4.69) is 25.1 Å². The van der Waals surface area contributed by atoms with Crippen LogP contribution in [0.25, 0.3) is 11.1 Å². The molecule has 0 amide bonds. The first-order valence-electron chi connectivity index (χ1n) is 11.1. The van der Waals surface area contributed by atoms with E-state index in [9.17, 15) is 0 Å². The molecular formula is C24H27N5O2S. The number of thioether (sulfide) groups is 1. The second-order valence-electron chi connectivity index (χ2n) is 8.01. The minimum Gasteiger partial charge on any atom is -0.497 e. The minimum atomic E-state index is 0.437. The average molecular weight is 450 g/mol. The lowest BCUT2D eigenvalue weighted by Crippen LogP contribution is -2.18. The largest absolute Gasteiger partial charge is 0.497 e. The Morgan fingerprint density at radius 2 is 1.97 bits per heavy atom. The average Bonchev–Trinajstić information content (AvgIpc) is 3.45. The van der Waals surface area contributed by atoms with Crippen LogP contribution < -0.4 is 10.1 Å². The van der Waals surface area contributed by atoms with Gasteiger partial charge in [0.2, 0.25) is 5.89 Å². The summed E-state index contributed by atoms with van der Waals surface area (Å²) in [6.45, 7) is 0.611. The van der Waals surface area contributed by atoms with Gasteiger partial charge in [-0.25, -0.2) is 4.98 Å². The molecule has 32 heavy (non-hydrogen) atoms. The fourth-order valence-electron chi connectivity index (χ4n) is 4.25. The molecule has 7 nitrogen and oxygen atoms in total. The smallest absolute Gasteiger partial charge is 0.205 e. The van der Waals surface area contributed by atoms with Gasteiger partial charge < -0.3 is 19.0 Å². The molecule has 0 unspecified atom stereocenters. The van der Waals surface area contributed by atoms with Crippen molar-refractivity contribution < 1.29 is 9.15 Å². The van der Waals surface area contributed by atoms with Crippen molar-refractivity contribution in [2.75, 3.05) is 12.4 Å². The van der Waals surface area contributed by atoms with Gasteiger partial charge in [0.05, 0.1) is 19.4 Å². The van der Waals surface area contributed by atoms with Crippen molar-refractivity contribution in [2.45, 2.75) is 55.6 Å². The number of benzene rings is 2. The second-order valence-corrected chi connectivity index (χ2v) is 8.95. The van der Waals surface area contributed by atoms with Crippen LogP contribution in [0.5, 0.6) is 5.75 Å². The summed E-state index contributed by atoms with van der Waals surface area (Å²) in [4.78, 5) is 4.60. The molecule has 1 N–H and O–H groups in total. The van der Waals surface area contributed by atoms with Crippen molar-refractivity contribution in [1.82, 2.24) is 19.7 Å². The maximum Gasteiger partial charge on any atom is 0.205 e. The molecule has 4 aromatic rings. The van der Waals surface area contributed by atoms with Crippen molar-refractivity contribution in [3.63, 3.8) is 0 Å². The van der Waals surface area contributed by atoms with E-state index in [-0.39, 0.29) is 0 Å². The molecule has 0 atom stereocenters. The number of aromatic nitrogens is 4. The summed E-state index contributed by atoms with van der Waals surface area (Å²) < 4.78 is 13.6.